The molecular formula is C9H12O4S. The van der Waals surface area contributed by atoms with Crippen molar-refractivity contribution in [1.82, 2.24) is 0 Å². The summed E-state index contributed by atoms with van der Waals surface area (Å²) in [5, 5.41) is 0. The van der Waals surface area contributed by atoms with Crippen molar-refractivity contribution in [2.45, 2.75) is 6.92 Å². The predicted octanol–water partition coefficient (Wildman–Crippen LogP) is 1.34. The van der Waals surface area contributed by atoms with E-state index in [1.165, 1.54) is 7.11 Å². The summed E-state index contributed by atoms with van der Waals surface area (Å²) in [5.41, 5.74) is 0.717. The molecule has 0 aliphatic rings. The highest BCUT2D eigenvalue weighted by Gasteiger charge is 2.12. The van der Waals surface area contributed by atoms with Gasteiger partial charge in [-0.05, 0) is 18.6 Å². The zero-order chi connectivity index (χ0) is 10.8. The van der Waals surface area contributed by atoms with E-state index in [9.17, 15) is 8.42 Å². The van der Waals surface area contributed by atoms with E-state index in [0.29, 0.717) is 5.75 Å². The lowest BCUT2D eigenvalue weighted by Gasteiger charge is -2.10. The molecule has 0 fully saturated rings. The van der Waals surface area contributed by atoms with Gasteiger partial charge in [-0.2, -0.15) is 8.42 Å². The number of hydrogen-bond acceptors (Lipinski definition) is 4. The molecule has 0 radical (unpaired) electrons. The maximum Gasteiger partial charge on any atom is 0.306 e. The van der Waals surface area contributed by atoms with Crippen LogP contribution in [0.4, 0.5) is 0 Å². The van der Waals surface area contributed by atoms with Gasteiger partial charge in [-0.3, -0.25) is 0 Å². The molecule has 0 spiro atoms. The van der Waals surface area contributed by atoms with Crippen LogP contribution in [0.2, 0.25) is 0 Å². The molecule has 1 rings (SSSR count). The summed E-state index contributed by atoms with van der Waals surface area (Å²) < 4.78 is 31.7. The van der Waals surface area contributed by atoms with Crippen molar-refractivity contribution < 1.29 is 17.3 Å². The number of para-hydroxylation sites is 1. The van der Waals surface area contributed by atoms with E-state index in [2.05, 4.69) is 0 Å². The van der Waals surface area contributed by atoms with Crippen LogP contribution in [-0.4, -0.2) is 21.8 Å². The minimum atomic E-state index is -3.51. The second kappa shape index (κ2) is 3.88. The van der Waals surface area contributed by atoms with Crippen LogP contribution < -0.4 is 8.92 Å². The van der Waals surface area contributed by atoms with Crippen molar-refractivity contribution in [3.8, 4) is 11.5 Å². The summed E-state index contributed by atoms with van der Waals surface area (Å²) in [6.45, 7) is 1.75. The lowest BCUT2D eigenvalue weighted by Crippen LogP contribution is -2.07. The van der Waals surface area contributed by atoms with Gasteiger partial charge in [-0.15, -0.1) is 0 Å². The molecule has 0 unspecified atom stereocenters. The maximum absolute atomic E-state index is 10.9. The molecule has 0 bridgehead atoms. The molecule has 4 nitrogen and oxygen atoms in total. The zero-order valence-corrected chi connectivity index (χ0v) is 9.09. The highest BCUT2D eigenvalue weighted by molar-refractivity contribution is 7.86. The van der Waals surface area contributed by atoms with E-state index in [1.807, 2.05) is 0 Å². The Morgan fingerprint density at radius 1 is 1.29 bits per heavy atom. The fourth-order valence-corrected chi connectivity index (χ4v) is 1.56. The predicted molar refractivity (Wildman–Crippen MR) is 53.2 cm³/mol. The van der Waals surface area contributed by atoms with Crippen molar-refractivity contribution in [3.63, 3.8) is 0 Å². The number of rotatable bonds is 3. The summed E-state index contributed by atoms with van der Waals surface area (Å²) in [4.78, 5) is 0. The number of ether oxygens (including phenoxy) is 1. The molecule has 0 saturated carbocycles. The van der Waals surface area contributed by atoms with Crippen molar-refractivity contribution in [2.75, 3.05) is 13.4 Å². The first kappa shape index (κ1) is 10.8. The second-order valence-electron chi connectivity index (χ2n) is 2.89. The lowest BCUT2D eigenvalue weighted by atomic mass is 10.2. The molecular weight excluding hydrogens is 204 g/mol. The van der Waals surface area contributed by atoms with Crippen LogP contribution in [0.15, 0.2) is 18.2 Å². The van der Waals surface area contributed by atoms with Crippen LogP contribution in [0.25, 0.3) is 0 Å². The minimum absolute atomic E-state index is 0.248. The Morgan fingerprint density at radius 2 is 1.93 bits per heavy atom. The Kier molecular flexibility index (Phi) is 3.00. The highest BCUT2D eigenvalue weighted by Crippen LogP contribution is 2.31. The number of hydrogen-bond donors (Lipinski definition) is 0. The highest BCUT2D eigenvalue weighted by atomic mass is 32.2. The Morgan fingerprint density at radius 3 is 2.43 bits per heavy atom. The van der Waals surface area contributed by atoms with E-state index >= 15 is 0 Å². The monoisotopic (exact) mass is 216 g/mol. The molecule has 1 aromatic rings. The molecule has 1 aromatic carbocycles. The molecule has 0 aromatic heterocycles. The molecule has 0 heterocycles. The van der Waals surface area contributed by atoms with E-state index in [0.717, 1.165) is 11.8 Å². The first-order chi connectivity index (χ1) is 6.44. The Hall–Kier alpha value is -1.23. The van der Waals surface area contributed by atoms with Gasteiger partial charge in [0.25, 0.3) is 0 Å². The Balaban J connectivity index is 3.18. The number of benzene rings is 1. The molecule has 78 valence electrons. The normalized spacial score (nSPS) is 11.1. The van der Waals surface area contributed by atoms with Crippen LogP contribution in [0.3, 0.4) is 0 Å². The van der Waals surface area contributed by atoms with Crippen molar-refractivity contribution in [1.29, 1.82) is 0 Å². The minimum Gasteiger partial charge on any atom is -0.493 e. The topological polar surface area (TPSA) is 52.6 Å². The van der Waals surface area contributed by atoms with E-state index < -0.39 is 10.1 Å². The second-order valence-corrected chi connectivity index (χ2v) is 4.47. The van der Waals surface area contributed by atoms with Gasteiger partial charge in [0.2, 0.25) is 0 Å². The summed E-state index contributed by atoms with van der Waals surface area (Å²) in [6.07, 6.45) is 0.999. The van der Waals surface area contributed by atoms with Gasteiger partial charge in [0.1, 0.15) is 0 Å². The van der Waals surface area contributed by atoms with Crippen LogP contribution in [-0.2, 0) is 10.1 Å². The van der Waals surface area contributed by atoms with Crippen LogP contribution in [0.1, 0.15) is 5.56 Å². The average Bonchev–Trinajstić information content (AvgIpc) is 2.06. The van der Waals surface area contributed by atoms with Gasteiger partial charge < -0.3 is 8.92 Å². The largest absolute Gasteiger partial charge is 0.493 e. The molecule has 0 atom stereocenters. The first-order valence-corrected chi connectivity index (χ1v) is 5.79. The summed E-state index contributed by atoms with van der Waals surface area (Å²) >= 11 is 0. The molecule has 0 amide bonds. The van der Waals surface area contributed by atoms with E-state index in [1.54, 1.807) is 25.1 Å². The van der Waals surface area contributed by atoms with Gasteiger partial charge in [0, 0.05) is 0 Å². The SMILES string of the molecule is COc1cccc(C)c1OS(C)(=O)=O. The third kappa shape index (κ3) is 2.63. The fraction of sp³-hybridized carbons (Fsp3) is 0.333. The van der Waals surface area contributed by atoms with Crippen LogP contribution in [0.5, 0.6) is 11.5 Å². The van der Waals surface area contributed by atoms with Gasteiger partial charge in [0.15, 0.2) is 11.5 Å². The summed E-state index contributed by atoms with van der Waals surface area (Å²) in [5.74, 6) is 0.660. The third-order valence-corrected chi connectivity index (χ3v) is 2.10. The molecule has 0 aliphatic heterocycles. The van der Waals surface area contributed by atoms with E-state index in [-0.39, 0.29) is 5.75 Å². The fourth-order valence-electron chi connectivity index (χ4n) is 1.04. The third-order valence-electron chi connectivity index (χ3n) is 1.63. The molecule has 5 heteroatoms. The van der Waals surface area contributed by atoms with E-state index in [4.69, 9.17) is 8.92 Å². The zero-order valence-electron chi connectivity index (χ0n) is 8.27. The quantitative estimate of drug-likeness (QED) is 0.715. The average molecular weight is 216 g/mol. The van der Waals surface area contributed by atoms with Crippen molar-refractivity contribution in [3.05, 3.63) is 23.8 Å². The Bertz CT molecular complexity index is 422. The number of aryl methyl sites for hydroxylation is 1. The van der Waals surface area contributed by atoms with Crippen molar-refractivity contribution in [2.24, 2.45) is 0 Å². The van der Waals surface area contributed by atoms with Gasteiger partial charge in [-0.1, -0.05) is 12.1 Å². The van der Waals surface area contributed by atoms with Crippen LogP contribution in [0, 0.1) is 6.92 Å². The smallest absolute Gasteiger partial charge is 0.306 e. The van der Waals surface area contributed by atoms with Crippen LogP contribution >= 0.6 is 0 Å². The van der Waals surface area contributed by atoms with Gasteiger partial charge in [-0.25, -0.2) is 0 Å². The maximum atomic E-state index is 10.9. The molecule has 14 heavy (non-hydrogen) atoms. The molecule has 0 saturated heterocycles. The summed E-state index contributed by atoms with van der Waals surface area (Å²) in [7, 11) is -2.05. The first-order valence-electron chi connectivity index (χ1n) is 3.97. The standard InChI is InChI=1S/C9H12O4S/c1-7-5-4-6-8(12-2)9(7)13-14(3,10)11/h4-6H,1-3H3. The molecule has 0 aliphatic carbocycles. The van der Waals surface area contributed by atoms with Gasteiger partial charge in [0.05, 0.1) is 13.4 Å². The molecule has 0 N–H and O–H groups in total. The lowest BCUT2D eigenvalue weighted by molar-refractivity contribution is 0.390. The van der Waals surface area contributed by atoms with Crippen molar-refractivity contribution >= 4 is 10.1 Å². The van der Waals surface area contributed by atoms with Gasteiger partial charge >= 0.3 is 10.1 Å². The Labute approximate surface area is 83.6 Å². The number of methoxy groups -OCH3 is 1. The summed E-state index contributed by atoms with van der Waals surface area (Å²) in [6, 6.07) is 5.17.